The maximum atomic E-state index is 10.1. The van der Waals surface area contributed by atoms with E-state index in [-0.39, 0.29) is 67.4 Å². The Hall–Kier alpha value is 1.76. The van der Waals surface area contributed by atoms with Crippen LogP contribution < -0.4 is 60.8 Å². The van der Waals surface area contributed by atoms with Crippen molar-refractivity contribution >= 4 is 10.4 Å². The van der Waals surface area contributed by atoms with Crippen molar-refractivity contribution in [2.75, 3.05) is 6.61 Å². The van der Waals surface area contributed by atoms with Crippen molar-refractivity contribution in [1.29, 1.82) is 0 Å². The zero-order valence-corrected chi connectivity index (χ0v) is 16.8. The Kier molecular flexibility index (Phi) is 30.9. The maximum absolute atomic E-state index is 10.1. The fourth-order valence-electron chi connectivity index (χ4n) is 1.75. The van der Waals surface area contributed by atoms with Gasteiger partial charge in [0.1, 0.15) is 0 Å². The number of hydrogen-bond acceptors (Lipinski definition) is 4. The molecule has 0 aromatic rings. The van der Waals surface area contributed by atoms with Gasteiger partial charge < -0.3 is 17.0 Å². The molecule has 0 aliphatic rings. The summed E-state index contributed by atoms with van der Waals surface area (Å²) in [6.45, 7) is 2.24. The molecule has 0 fully saturated rings. The molecule has 0 saturated heterocycles. The molecular weight excluding hydrogens is 306 g/mol. The molecule has 0 rings (SSSR count). The predicted octanol–water partition coefficient (Wildman–Crippen LogP) is -5.60. The van der Waals surface area contributed by atoms with Gasteiger partial charge in [0.2, 0.25) is 10.4 Å². The number of unbranched alkanes of at least 4 members (excludes halogenated alkanes) is 9. The molecule has 0 spiro atoms. The fraction of sp³-hybridized carbons (Fsp3) is 1.00. The first-order valence-corrected chi connectivity index (χ1v) is 8.00. The standard InChI is InChI=1S/C12H26O4S.ClH.Li.Na/c1-2-3-4-5-6-7-8-9-10-11-12-16-17(13,14)15;;;/h2-12H2,1H3,(H,13,14,15);1H;;/q;;2*+1/p-2. The molecule has 8 heteroatoms. The maximum Gasteiger partial charge on any atom is 1.00 e. The van der Waals surface area contributed by atoms with Crippen LogP contribution in [0.15, 0.2) is 0 Å². The second-order valence-electron chi connectivity index (χ2n) is 4.41. The molecule has 20 heavy (non-hydrogen) atoms. The normalized spacial score (nSPS) is 10.1. The van der Waals surface area contributed by atoms with E-state index >= 15 is 0 Å². The van der Waals surface area contributed by atoms with Gasteiger partial charge in [0.25, 0.3) is 0 Å². The van der Waals surface area contributed by atoms with E-state index < -0.39 is 10.4 Å². The third kappa shape index (κ3) is 28.0. The van der Waals surface area contributed by atoms with E-state index in [2.05, 4.69) is 11.1 Å². The van der Waals surface area contributed by atoms with Crippen molar-refractivity contribution in [1.82, 2.24) is 0 Å². The van der Waals surface area contributed by atoms with Gasteiger partial charge in [0.15, 0.2) is 0 Å². The zero-order chi connectivity index (χ0) is 13.0. The molecule has 0 atom stereocenters. The van der Waals surface area contributed by atoms with Gasteiger partial charge in [0, 0.05) is 0 Å². The summed E-state index contributed by atoms with van der Waals surface area (Å²) in [6, 6.07) is 0. The molecule has 0 aliphatic carbocycles. The monoisotopic (exact) mass is 330 g/mol. The van der Waals surface area contributed by atoms with Crippen molar-refractivity contribution in [2.24, 2.45) is 0 Å². The van der Waals surface area contributed by atoms with Crippen LogP contribution in [-0.4, -0.2) is 19.6 Å². The molecule has 0 unspecified atom stereocenters. The van der Waals surface area contributed by atoms with E-state index in [1.165, 1.54) is 44.9 Å². The Morgan fingerprint density at radius 2 is 1.20 bits per heavy atom. The summed E-state index contributed by atoms with van der Waals surface area (Å²) in [6.07, 6.45) is 11.7. The molecule has 0 aromatic heterocycles. The zero-order valence-electron chi connectivity index (χ0n) is 13.2. The summed E-state index contributed by atoms with van der Waals surface area (Å²) in [5.41, 5.74) is 0. The molecule has 112 valence electrons. The van der Waals surface area contributed by atoms with Gasteiger partial charge in [-0.2, -0.15) is 0 Å². The smallest absolute Gasteiger partial charge is 1.00 e. The Balaban J connectivity index is -0.000000427. The number of rotatable bonds is 12. The van der Waals surface area contributed by atoms with E-state index in [1.807, 2.05) is 0 Å². The van der Waals surface area contributed by atoms with Crippen LogP contribution >= 0.6 is 0 Å². The minimum absolute atomic E-state index is 0. The van der Waals surface area contributed by atoms with E-state index in [0.717, 1.165) is 12.8 Å². The molecule has 0 bridgehead atoms. The average Bonchev–Trinajstić information content (AvgIpc) is 2.24. The fourth-order valence-corrected chi connectivity index (χ4v) is 2.07. The Morgan fingerprint density at radius 1 is 0.850 bits per heavy atom. The average molecular weight is 331 g/mol. The van der Waals surface area contributed by atoms with Crippen LogP contribution in [0, 0.1) is 0 Å². The van der Waals surface area contributed by atoms with Crippen LogP contribution in [0.5, 0.6) is 0 Å². The Bertz CT molecular complexity index is 266. The molecule has 0 aliphatic heterocycles. The largest absolute Gasteiger partial charge is 1.00 e. The van der Waals surface area contributed by atoms with Crippen LogP contribution in [0.25, 0.3) is 0 Å². The number of hydrogen-bond donors (Lipinski definition) is 0. The molecule has 0 heterocycles. The topological polar surface area (TPSA) is 66.4 Å². The summed E-state index contributed by atoms with van der Waals surface area (Å²) in [5.74, 6) is 0. The van der Waals surface area contributed by atoms with Crippen molar-refractivity contribution in [3.05, 3.63) is 0 Å². The summed E-state index contributed by atoms with van der Waals surface area (Å²) in [4.78, 5) is 0. The van der Waals surface area contributed by atoms with Gasteiger partial charge in [-0.25, -0.2) is 8.42 Å². The summed E-state index contributed by atoms with van der Waals surface area (Å²) < 4.78 is 34.5. The molecular formula is C12H25ClLiNaO4S. The van der Waals surface area contributed by atoms with E-state index in [1.54, 1.807) is 0 Å². The van der Waals surface area contributed by atoms with Crippen LogP contribution in [0.3, 0.4) is 0 Å². The van der Waals surface area contributed by atoms with Gasteiger partial charge in [-0.3, -0.25) is 4.18 Å². The van der Waals surface area contributed by atoms with Crippen molar-refractivity contribution in [3.63, 3.8) is 0 Å². The van der Waals surface area contributed by atoms with Gasteiger partial charge in [0.05, 0.1) is 6.61 Å². The Morgan fingerprint density at radius 3 is 1.55 bits per heavy atom. The van der Waals surface area contributed by atoms with E-state index in [0.29, 0.717) is 6.42 Å². The quantitative estimate of drug-likeness (QED) is 0.155. The predicted molar refractivity (Wildman–Crippen MR) is 67.5 cm³/mol. The van der Waals surface area contributed by atoms with Gasteiger partial charge in [-0.05, 0) is 6.42 Å². The minimum atomic E-state index is -4.48. The molecule has 4 nitrogen and oxygen atoms in total. The summed E-state index contributed by atoms with van der Waals surface area (Å²) >= 11 is 0. The van der Waals surface area contributed by atoms with Crippen LogP contribution in [0.1, 0.15) is 71.1 Å². The SMILES string of the molecule is CCCCCCCCCCCCOS(=O)(=O)[O-].[Cl-].[Li+].[Na+]. The second kappa shape index (κ2) is 20.8. The van der Waals surface area contributed by atoms with Gasteiger partial charge in [-0.15, -0.1) is 0 Å². The summed E-state index contributed by atoms with van der Waals surface area (Å²) in [5, 5.41) is 0. The molecule has 0 radical (unpaired) electrons. The van der Waals surface area contributed by atoms with Crippen molar-refractivity contribution in [3.8, 4) is 0 Å². The first-order chi connectivity index (χ1) is 8.06. The molecule has 0 amide bonds. The van der Waals surface area contributed by atoms with Gasteiger partial charge >= 0.3 is 48.4 Å². The molecule has 0 saturated carbocycles. The first-order valence-electron chi connectivity index (χ1n) is 6.66. The molecule has 0 N–H and O–H groups in total. The van der Waals surface area contributed by atoms with Crippen molar-refractivity contribution < 1.29 is 78.0 Å². The molecule has 0 aromatic carbocycles. The van der Waals surface area contributed by atoms with Crippen molar-refractivity contribution in [2.45, 2.75) is 71.1 Å². The minimum Gasteiger partial charge on any atom is -1.00 e. The third-order valence-electron chi connectivity index (χ3n) is 2.73. The number of halogens is 1. The Labute approximate surface area is 165 Å². The summed E-state index contributed by atoms with van der Waals surface area (Å²) in [7, 11) is -4.48. The van der Waals surface area contributed by atoms with Crippen LogP contribution in [-0.2, 0) is 14.6 Å². The first kappa shape index (κ1) is 29.7. The third-order valence-corrected chi connectivity index (χ3v) is 3.18. The van der Waals surface area contributed by atoms with Crippen LogP contribution in [0.2, 0.25) is 0 Å². The van der Waals surface area contributed by atoms with E-state index in [4.69, 9.17) is 0 Å². The van der Waals surface area contributed by atoms with Crippen LogP contribution in [0.4, 0.5) is 0 Å². The van der Waals surface area contributed by atoms with Gasteiger partial charge in [-0.1, -0.05) is 64.7 Å². The van der Waals surface area contributed by atoms with E-state index in [9.17, 15) is 13.0 Å². The second-order valence-corrected chi connectivity index (χ2v) is 5.46.